The van der Waals surface area contributed by atoms with Gasteiger partial charge in [0.2, 0.25) is 0 Å². The minimum absolute atomic E-state index is 0.193. The molecule has 0 aliphatic carbocycles. The minimum atomic E-state index is 0.193. The number of rotatable bonds is 3. The number of nitrogens with zero attached hydrogens (tertiary/aromatic N) is 3. The molecule has 1 aromatic rings. The highest BCUT2D eigenvalue weighted by Crippen LogP contribution is 2.39. The molecule has 0 aromatic heterocycles. The van der Waals surface area contributed by atoms with Gasteiger partial charge in [0.15, 0.2) is 0 Å². The monoisotopic (exact) mass is 285 g/mol. The van der Waals surface area contributed by atoms with Crippen molar-refractivity contribution in [3.05, 3.63) is 35.4 Å². The molecule has 21 heavy (non-hydrogen) atoms. The van der Waals surface area contributed by atoms with Gasteiger partial charge in [0.05, 0.1) is 0 Å². The molecule has 4 nitrogen and oxygen atoms in total. The van der Waals surface area contributed by atoms with E-state index >= 15 is 0 Å². The van der Waals surface area contributed by atoms with Crippen LogP contribution in [0.3, 0.4) is 0 Å². The van der Waals surface area contributed by atoms with E-state index in [0.717, 1.165) is 31.7 Å². The largest absolute Gasteiger partial charge is 0.317 e. The molecule has 112 valence electrons. The summed E-state index contributed by atoms with van der Waals surface area (Å²) in [5, 5.41) is 0. The van der Waals surface area contributed by atoms with Gasteiger partial charge in [-0.3, -0.25) is 9.69 Å². The molecular formula is C17H23N3O. The summed E-state index contributed by atoms with van der Waals surface area (Å²) < 4.78 is 0. The summed E-state index contributed by atoms with van der Waals surface area (Å²) in [5.41, 5.74) is 2.11. The summed E-state index contributed by atoms with van der Waals surface area (Å²) in [5.74, 6) is 0.219. The molecule has 0 N–H and O–H groups in total. The van der Waals surface area contributed by atoms with Gasteiger partial charge in [0.25, 0.3) is 5.91 Å². The quantitative estimate of drug-likeness (QED) is 0.849. The van der Waals surface area contributed by atoms with Crippen molar-refractivity contribution in [2.24, 2.45) is 0 Å². The Balaban J connectivity index is 1.47. The van der Waals surface area contributed by atoms with Gasteiger partial charge >= 0.3 is 0 Å². The first-order valence-corrected chi connectivity index (χ1v) is 8.21. The molecule has 2 fully saturated rings. The number of carbonyl (C=O) groups is 1. The third kappa shape index (κ3) is 2.27. The van der Waals surface area contributed by atoms with Gasteiger partial charge in [0, 0.05) is 37.3 Å². The average molecular weight is 285 g/mol. The lowest BCUT2D eigenvalue weighted by atomic mass is 10.1. The van der Waals surface area contributed by atoms with Crippen molar-refractivity contribution in [2.75, 3.05) is 39.3 Å². The van der Waals surface area contributed by atoms with E-state index < -0.39 is 0 Å². The topological polar surface area (TPSA) is 26.8 Å². The van der Waals surface area contributed by atoms with E-state index in [1.54, 1.807) is 0 Å². The summed E-state index contributed by atoms with van der Waals surface area (Å²) in [7, 11) is 0. The van der Waals surface area contributed by atoms with Gasteiger partial charge in [-0.2, -0.15) is 0 Å². The summed E-state index contributed by atoms with van der Waals surface area (Å²) in [4.78, 5) is 19.5. The predicted molar refractivity (Wildman–Crippen MR) is 82.1 cm³/mol. The molecule has 3 aliphatic heterocycles. The fourth-order valence-corrected chi connectivity index (χ4v) is 4.01. The highest BCUT2D eigenvalue weighted by atomic mass is 16.2. The fraction of sp³-hybridized carbons (Fsp3) is 0.588. The predicted octanol–water partition coefficient (Wildman–Crippen LogP) is 1.94. The highest BCUT2D eigenvalue weighted by molar-refractivity contribution is 5.99. The van der Waals surface area contributed by atoms with Crippen LogP contribution in [0.1, 0.15) is 41.3 Å². The van der Waals surface area contributed by atoms with Crippen LogP contribution in [0.4, 0.5) is 0 Å². The van der Waals surface area contributed by atoms with Crippen LogP contribution in [0.25, 0.3) is 0 Å². The maximum atomic E-state index is 12.4. The lowest BCUT2D eigenvalue weighted by Gasteiger charge is -2.30. The molecule has 0 bridgehead atoms. The van der Waals surface area contributed by atoms with E-state index in [1.807, 2.05) is 17.0 Å². The first-order chi connectivity index (χ1) is 10.3. The first-order valence-electron chi connectivity index (χ1n) is 8.21. The normalized spacial score (nSPS) is 26.2. The molecular weight excluding hydrogens is 262 g/mol. The Kier molecular flexibility index (Phi) is 3.43. The van der Waals surface area contributed by atoms with Gasteiger partial charge < -0.3 is 9.80 Å². The van der Waals surface area contributed by atoms with Crippen LogP contribution in [0.5, 0.6) is 0 Å². The number of amides is 1. The highest BCUT2D eigenvalue weighted by Gasteiger charge is 2.43. The van der Waals surface area contributed by atoms with Crippen molar-refractivity contribution in [3.8, 4) is 0 Å². The maximum Gasteiger partial charge on any atom is 0.255 e. The molecule has 1 atom stereocenters. The molecule has 3 heterocycles. The fourth-order valence-electron chi connectivity index (χ4n) is 4.01. The van der Waals surface area contributed by atoms with E-state index in [-0.39, 0.29) is 12.1 Å². The number of carbonyl (C=O) groups excluding carboxylic acids is 1. The Morgan fingerprint density at radius 3 is 2.62 bits per heavy atom. The lowest BCUT2D eigenvalue weighted by molar-refractivity contribution is 0.0686. The average Bonchev–Trinajstić information content (AvgIpc) is 3.07. The summed E-state index contributed by atoms with van der Waals surface area (Å²) in [6.45, 7) is 6.59. The van der Waals surface area contributed by atoms with E-state index in [9.17, 15) is 4.79 Å². The number of benzene rings is 1. The molecule has 4 rings (SSSR count). The van der Waals surface area contributed by atoms with Crippen molar-refractivity contribution in [1.29, 1.82) is 0 Å². The van der Waals surface area contributed by atoms with Gasteiger partial charge in [-0.15, -0.1) is 0 Å². The molecule has 0 radical (unpaired) electrons. The van der Waals surface area contributed by atoms with Gasteiger partial charge in [0.1, 0.15) is 6.17 Å². The third-order valence-electron chi connectivity index (χ3n) is 5.15. The van der Waals surface area contributed by atoms with Crippen molar-refractivity contribution >= 4 is 5.91 Å². The zero-order chi connectivity index (χ0) is 14.2. The molecule has 0 saturated carbocycles. The van der Waals surface area contributed by atoms with Crippen LogP contribution in [0, 0.1) is 0 Å². The summed E-state index contributed by atoms with van der Waals surface area (Å²) in [6.07, 6.45) is 4.27. The second-order valence-corrected chi connectivity index (χ2v) is 6.40. The molecule has 1 unspecified atom stereocenters. The summed E-state index contributed by atoms with van der Waals surface area (Å²) >= 11 is 0. The van der Waals surface area contributed by atoms with Crippen LogP contribution in [0.2, 0.25) is 0 Å². The summed E-state index contributed by atoms with van der Waals surface area (Å²) in [6, 6.07) is 8.11. The number of fused-ring (bicyclic) bond motifs is 3. The third-order valence-corrected chi connectivity index (χ3v) is 5.15. The number of likely N-dealkylation sites (tertiary alicyclic amines) is 1. The molecule has 1 aromatic carbocycles. The Bertz CT molecular complexity index is 539. The van der Waals surface area contributed by atoms with Crippen molar-refractivity contribution in [1.82, 2.24) is 14.7 Å². The van der Waals surface area contributed by atoms with E-state index in [1.165, 1.54) is 37.9 Å². The van der Waals surface area contributed by atoms with Gasteiger partial charge in [-0.05, 0) is 32.0 Å². The Morgan fingerprint density at radius 2 is 1.76 bits per heavy atom. The zero-order valence-electron chi connectivity index (χ0n) is 12.5. The minimum Gasteiger partial charge on any atom is -0.317 e. The van der Waals surface area contributed by atoms with Crippen molar-refractivity contribution < 1.29 is 4.79 Å². The molecule has 1 amide bonds. The maximum absolute atomic E-state index is 12.4. The van der Waals surface area contributed by atoms with Crippen LogP contribution in [0.15, 0.2) is 24.3 Å². The molecule has 3 aliphatic rings. The van der Waals surface area contributed by atoms with Crippen LogP contribution >= 0.6 is 0 Å². The molecule has 4 heteroatoms. The van der Waals surface area contributed by atoms with Crippen LogP contribution in [-0.2, 0) is 0 Å². The van der Waals surface area contributed by atoms with Crippen LogP contribution < -0.4 is 0 Å². The number of hydrogen-bond donors (Lipinski definition) is 0. The SMILES string of the molecule is O=C1c2ccccc2C2N(CCN3CCCCC3)CCN12. The lowest BCUT2D eigenvalue weighted by Crippen LogP contribution is -2.38. The first kappa shape index (κ1) is 13.3. The molecule has 2 saturated heterocycles. The van der Waals surface area contributed by atoms with E-state index in [2.05, 4.69) is 21.9 Å². The Hall–Kier alpha value is -1.39. The van der Waals surface area contributed by atoms with Gasteiger partial charge in [-0.25, -0.2) is 0 Å². The van der Waals surface area contributed by atoms with E-state index in [4.69, 9.17) is 0 Å². The zero-order valence-corrected chi connectivity index (χ0v) is 12.5. The number of piperidine rings is 1. The smallest absolute Gasteiger partial charge is 0.255 e. The Morgan fingerprint density at radius 1 is 0.952 bits per heavy atom. The van der Waals surface area contributed by atoms with Crippen molar-refractivity contribution in [2.45, 2.75) is 25.4 Å². The van der Waals surface area contributed by atoms with Crippen molar-refractivity contribution in [3.63, 3.8) is 0 Å². The van der Waals surface area contributed by atoms with E-state index in [0.29, 0.717) is 0 Å². The Labute approximate surface area is 126 Å². The van der Waals surface area contributed by atoms with Gasteiger partial charge in [-0.1, -0.05) is 24.6 Å². The molecule has 0 spiro atoms. The standard InChI is InChI=1S/C17H23N3O/c21-17-15-7-3-2-6-14(15)16-19(12-13-20(16)17)11-10-18-8-4-1-5-9-18/h2-3,6-7,16H,1,4-5,8-13H2. The number of hydrogen-bond acceptors (Lipinski definition) is 3. The second kappa shape index (κ2) is 5.43. The second-order valence-electron chi connectivity index (χ2n) is 6.40. The van der Waals surface area contributed by atoms with Crippen LogP contribution in [-0.4, -0.2) is 59.9 Å².